The molecule has 0 saturated carbocycles. The van der Waals surface area contributed by atoms with Crippen LogP contribution in [-0.4, -0.2) is 19.9 Å². The Morgan fingerprint density at radius 3 is 1.22 bits per heavy atom. The molecule has 0 spiro atoms. The van der Waals surface area contributed by atoms with Crippen LogP contribution < -0.4 is 27.1 Å². The van der Waals surface area contributed by atoms with Crippen molar-refractivity contribution in [3.8, 4) is 0 Å². The Balaban J connectivity index is 2.04. The molecule has 0 aliphatic carbocycles. The molecule has 4 aromatic heterocycles. The van der Waals surface area contributed by atoms with Crippen molar-refractivity contribution in [2.45, 2.75) is 107 Å². The van der Waals surface area contributed by atoms with Gasteiger partial charge in [0, 0.05) is 33.1 Å². The number of aromatic nitrogens is 4. The third-order valence-corrected chi connectivity index (χ3v) is 9.30. The molecule has 0 aromatic carbocycles. The molecule has 5 rings (SSSR count). The van der Waals surface area contributed by atoms with E-state index in [0.717, 1.165) is 79.1 Å². The van der Waals surface area contributed by atoms with E-state index >= 15 is 0 Å². The summed E-state index contributed by atoms with van der Waals surface area (Å²) in [7, 11) is 0. The van der Waals surface area contributed by atoms with Gasteiger partial charge in [0.2, 0.25) is 0 Å². The molecule has 4 aromatic rings. The van der Waals surface area contributed by atoms with Crippen molar-refractivity contribution in [3.05, 3.63) is 88.7 Å². The van der Waals surface area contributed by atoms with Crippen LogP contribution in [0.15, 0.2) is 0 Å². The normalized spacial score (nSPS) is 12.8. The topological polar surface area (TPSA) is 89.2 Å². The van der Waals surface area contributed by atoms with Crippen molar-refractivity contribution in [2.75, 3.05) is 0 Å². The Kier molecular flexibility index (Phi) is 8.26. The minimum atomic E-state index is 0.817. The van der Waals surface area contributed by atoms with Crippen LogP contribution >= 0.6 is 0 Å². The summed E-state index contributed by atoms with van der Waals surface area (Å²) in [6.07, 6.45) is 14.7. The Hall–Kier alpha value is -3.60. The van der Waals surface area contributed by atoms with Crippen LogP contribution in [-0.2, 0) is 51.4 Å². The van der Waals surface area contributed by atoms with Crippen LogP contribution in [0, 0.1) is 0 Å². The van der Waals surface area contributed by atoms with Gasteiger partial charge < -0.3 is 25.7 Å². The Morgan fingerprint density at radius 2 is 0.780 bits per heavy atom. The summed E-state index contributed by atoms with van der Waals surface area (Å²) in [4.78, 5) is 15.3. The molecule has 0 unspecified atom stereocenters. The van der Waals surface area contributed by atoms with Gasteiger partial charge in [0.15, 0.2) is 0 Å². The van der Waals surface area contributed by atoms with Gasteiger partial charge in [0.25, 0.3) is 0 Å². The molecule has 5 nitrogen and oxygen atoms in total. The van der Waals surface area contributed by atoms with E-state index in [4.69, 9.17) is 5.73 Å². The highest BCUT2D eigenvalue weighted by Crippen LogP contribution is 2.25. The fourth-order valence-corrected chi connectivity index (χ4v) is 7.40. The highest BCUT2D eigenvalue weighted by Gasteiger charge is 2.20. The molecule has 1 aliphatic rings. The maximum atomic E-state index is 7.13. The molecule has 0 atom stereocenters. The van der Waals surface area contributed by atoms with Crippen molar-refractivity contribution < 1.29 is 0 Å². The number of nitrogens with two attached hydrogens (primary N) is 1. The van der Waals surface area contributed by atoms with E-state index < -0.39 is 0 Å². The molecule has 6 N–H and O–H groups in total. The summed E-state index contributed by atoms with van der Waals surface area (Å²) >= 11 is 0. The first kappa shape index (κ1) is 28.9. The fourth-order valence-electron chi connectivity index (χ4n) is 7.40. The third-order valence-electron chi connectivity index (χ3n) is 9.30. The van der Waals surface area contributed by atoms with Crippen LogP contribution in [0.2, 0.25) is 0 Å². The van der Waals surface area contributed by atoms with Crippen LogP contribution in [0.4, 0.5) is 0 Å². The van der Waals surface area contributed by atoms with Crippen LogP contribution in [0.25, 0.3) is 23.9 Å². The molecule has 8 bridgehead atoms. The molecule has 41 heavy (non-hydrogen) atoms. The van der Waals surface area contributed by atoms with E-state index in [-0.39, 0.29) is 0 Å². The lowest BCUT2D eigenvalue weighted by Crippen LogP contribution is -2.22. The first-order chi connectivity index (χ1) is 19.9. The van der Waals surface area contributed by atoms with E-state index in [9.17, 15) is 0 Å². The summed E-state index contributed by atoms with van der Waals surface area (Å²) in [6, 6.07) is 0. The van der Waals surface area contributed by atoms with Gasteiger partial charge in [0.1, 0.15) is 0 Å². The second kappa shape index (κ2) is 11.7. The van der Waals surface area contributed by atoms with Crippen molar-refractivity contribution in [2.24, 2.45) is 5.73 Å². The van der Waals surface area contributed by atoms with Crippen LogP contribution in [0.5, 0.6) is 0 Å². The number of hydrogen-bond donors (Lipinski definition) is 5. The first-order valence-corrected chi connectivity index (χ1v) is 16.0. The van der Waals surface area contributed by atoms with Gasteiger partial charge in [-0.1, -0.05) is 55.4 Å². The maximum absolute atomic E-state index is 7.13. The van der Waals surface area contributed by atoms with Crippen LogP contribution in [0.3, 0.4) is 0 Å². The molecule has 1 aliphatic heterocycles. The number of nitrogens with one attached hydrogen (secondary N) is 4. The standard InChI is InChI=1S/C36H49N5/c1-9-20-22(11-3)30-18-32-24(13-5)26(15-7)35(40-32)34(37)36-27(16-8)25(14-6)33(41-36)19-31-23(12-4)21(10-2)29(39-31)17-28(20)38-30/h17-19,38-41H,9-16,37H2,1-8H3. The summed E-state index contributed by atoms with van der Waals surface area (Å²) in [6.45, 7) is 18.1. The molecule has 0 radical (unpaired) electrons. The van der Waals surface area contributed by atoms with E-state index in [1.165, 1.54) is 66.6 Å². The number of hydrogen-bond acceptors (Lipinski definition) is 1. The zero-order valence-corrected chi connectivity index (χ0v) is 26.5. The summed E-state index contributed by atoms with van der Waals surface area (Å²) in [5.41, 5.74) is 23.6. The molecular weight excluding hydrogens is 502 g/mol. The maximum Gasteiger partial charge on any atom is 0.0798 e. The SMILES string of the molecule is CCc1c2[nH]c(c1CC)C=c1[nH]c(c(CC)c1CC)=C(N)c1[nH]c(c(CC)c1CC)C=c1[nH]c(c(CC)c1CC)=C2. The monoisotopic (exact) mass is 551 g/mol. The molecule has 0 fully saturated rings. The van der Waals surface area contributed by atoms with Gasteiger partial charge in [-0.05, 0) is 114 Å². The second-order valence-corrected chi connectivity index (χ2v) is 11.2. The predicted molar refractivity (Wildman–Crippen MR) is 174 cm³/mol. The third kappa shape index (κ3) is 4.64. The van der Waals surface area contributed by atoms with E-state index in [1.807, 2.05) is 0 Å². The molecule has 5 heteroatoms. The first-order valence-electron chi connectivity index (χ1n) is 16.0. The van der Waals surface area contributed by atoms with Crippen molar-refractivity contribution in [1.29, 1.82) is 0 Å². The van der Waals surface area contributed by atoms with Gasteiger partial charge in [-0.15, -0.1) is 0 Å². The largest absolute Gasteiger partial charge is 0.395 e. The van der Waals surface area contributed by atoms with E-state index in [0.29, 0.717) is 0 Å². The summed E-state index contributed by atoms with van der Waals surface area (Å²) in [5, 5.41) is 4.63. The Bertz CT molecular complexity index is 1830. The predicted octanol–water partition coefficient (Wildman–Crippen LogP) is 4.41. The Labute approximate surface area is 244 Å². The number of rotatable bonds is 8. The minimum Gasteiger partial charge on any atom is -0.395 e. The highest BCUT2D eigenvalue weighted by molar-refractivity contribution is 5.70. The van der Waals surface area contributed by atoms with Gasteiger partial charge in [-0.2, -0.15) is 0 Å². The van der Waals surface area contributed by atoms with Gasteiger partial charge in [-0.25, -0.2) is 0 Å². The molecule has 5 heterocycles. The van der Waals surface area contributed by atoms with E-state index in [1.54, 1.807) is 0 Å². The second-order valence-electron chi connectivity index (χ2n) is 11.2. The van der Waals surface area contributed by atoms with Crippen molar-refractivity contribution in [1.82, 2.24) is 19.9 Å². The summed E-state index contributed by atoms with van der Waals surface area (Å²) in [5.74, 6) is 0. The molecular formula is C36H49N5. The van der Waals surface area contributed by atoms with Crippen molar-refractivity contribution >= 4 is 23.9 Å². The zero-order chi connectivity index (χ0) is 29.4. The molecule has 0 saturated heterocycles. The number of fused-ring (bicyclic) bond motifs is 8. The summed E-state index contributed by atoms with van der Waals surface area (Å²) < 4.78 is 0. The number of H-pyrrole nitrogens is 4. The average Bonchev–Trinajstić information content (AvgIpc) is 3.71. The van der Waals surface area contributed by atoms with Gasteiger partial charge in [0.05, 0.1) is 16.7 Å². The molecule has 218 valence electrons. The fraction of sp³-hybridized carbons (Fsp3) is 0.444. The smallest absolute Gasteiger partial charge is 0.0798 e. The lowest BCUT2D eigenvalue weighted by Gasteiger charge is -2.05. The molecule has 0 amide bonds. The van der Waals surface area contributed by atoms with Crippen molar-refractivity contribution in [3.63, 3.8) is 0 Å². The Morgan fingerprint density at radius 1 is 0.415 bits per heavy atom. The quantitative estimate of drug-likeness (QED) is 0.221. The minimum absolute atomic E-state index is 0.817. The lowest BCUT2D eigenvalue weighted by molar-refractivity contribution is 1.03. The highest BCUT2D eigenvalue weighted by atomic mass is 14.8. The number of aromatic amines is 4. The average molecular weight is 552 g/mol. The lowest BCUT2D eigenvalue weighted by atomic mass is 10.00. The van der Waals surface area contributed by atoms with Gasteiger partial charge in [-0.3, -0.25) is 0 Å². The zero-order valence-electron chi connectivity index (χ0n) is 26.5. The van der Waals surface area contributed by atoms with Crippen LogP contribution in [0.1, 0.15) is 123 Å². The van der Waals surface area contributed by atoms with Gasteiger partial charge >= 0.3 is 0 Å². The van der Waals surface area contributed by atoms with E-state index in [2.05, 4.69) is 93.6 Å².